The van der Waals surface area contributed by atoms with Crippen molar-refractivity contribution < 1.29 is 27.5 Å². The second kappa shape index (κ2) is 13.3. The first-order chi connectivity index (χ1) is 19.0. The van der Waals surface area contributed by atoms with E-state index < -0.39 is 28.5 Å². The highest BCUT2D eigenvalue weighted by atomic mass is 32.2. The lowest BCUT2D eigenvalue weighted by atomic mass is 10.1. The Bertz CT molecular complexity index is 1430. The Hall–Kier alpha value is -4.05. The van der Waals surface area contributed by atoms with Gasteiger partial charge in [0.1, 0.15) is 12.6 Å². The fraction of sp³-hybridized carbons (Fsp3) is 0.333. The lowest BCUT2D eigenvalue weighted by Gasteiger charge is -2.32. The van der Waals surface area contributed by atoms with E-state index in [0.717, 1.165) is 15.4 Å². The fourth-order valence-electron chi connectivity index (χ4n) is 4.22. The third kappa shape index (κ3) is 7.32. The monoisotopic (exact) mass is 567 g/mol. The second-order valence-electron chi connectivity index (χ2n) is 9.71. The SMILES string of the molecule is COc1ccc(S(=O)(=O)N(CC(=O)N(Cc2cccc(C)c2)[C@H](C)C(=O)NC(C)C)c2ccccc2)cc1OC. The second-order valence-corrected chi connectivity index (χ2v) is 11.6. The highest BCUT2D eigenvalue weighted by Crippen LogP contribution is 2.32. The van der Waals surface area contributed by atoms with Gasteiger partial charge in [0.2, 0.25) is 11.8 Å². The summed E-state index contributed by atoms with van der Waals surface area (Å²) in [6.07, 6.45) is 0. The van der Waals surface area contributed by atoms with Crippen molar-refractivity contribution in [1.29, 1.82) is 0 Å². The minimum Gasteiger partial charge on any atom is -0.493 e. The van der Waals surface area contributed by atoms with Crippen molar-refractivity contribution >= 4 is 27.5 Å². The van der Waals surface area contributed by atoms with Crippen LogP contribution in [0.4, 0.5) is 5.69 Å². The number of carbonyl (C=O) groups excluding carboxylic acids is 2. The quantitative estimate of drug-likeness (QED) is 0.353. The van der Waals surface area contributed by atoms with Gasteiger partial charge >= 0.3 is 0 Å². The number of nitrogens with zero attached hydrogens (tertiary/aromatic N) is 2. The summed E-state index contributed by atoms with van der Waals surface area (Å²) in [7, 11) is -1.36. The lowest BCUT2D eigenvalue weighted by molar-refractivity contribution is -0.139. The molecule has 10 heteroatoms. The van der Waals surface area contributed by atoms with E-state index in [2.05, 4.69) is 5.32 Å². The molecule has 0 saturated heterocycles. The summed E-state index contributed by atoms with van der Waals surface area (Å²) in [4.78, 5) is 28.3. The molecule has 0 aromatic heterocycles. The maximum Gasteiger partial charge on any atom is 0.264 e. The first-order valence-electron chi connectivity index (χ1n) is 12.9. The summed E-state index contributed by atoms with van der Waals surface area (Å²) in [6.45, 7) is 6.87. The molecule has 3 aromatic carbocycles. The van der Waals surface area contributed by atoms with E-state index in [0.29, 0.717) is 11.4 Å². The number of ether oxygens (including phenoxy) is 2. The highest BCUT2D eigenvalue weighted by molar-refractivity contribution is 7.92. The highest BCUT2D eigenvalue weighted by Gasteiger charge is 2.33. The number of hydrogen-bond acceptors (Lipinski definition) is 6. The molecule has 40 heavy (non-hydrogen) atoms. The number of rotatable bonds is 12. The van der Waals surface area contributed by atoms with E-state index in [1.54, 1.807) is 37.3 Å². The Balaban J connectivity index is 2.05. The van der Waals surface area contributed by atoms with Gasteiger partial charge in [-0.3, -0.25) is 13.9 Å². The molecule has 0 aliphatic rings. The van der Waals surface area contributed by atoms with Crippen LogP contribution in [0.3, 0.4) is 0 Å². The van der Waals surface area contributed by atoms with Gasteiger partial charge in [-0.1, -0.05) is 48.0 Å². The summed E-state index contributed by atoms with van der Waals surface area (Å²) in [5.74, 6) is -0.244. The normalized spacial score (nSPS) is 12.0. The molecule has 214 valence electrons. The molecule has 0 spiro atoms. The number of nitrogens with one attached hydrogen (secondary N) is 1. The molecule has 0 bridgehead atoms. The van der Waals surface area contributed by atoms with Crippen molar-refractivity contribution in [3.63, 3.8) is 0 Å². The van der Waals surface area contributed by atoms with Gasteiger partial charge in [-0.2, -0.15) is 0 Å². The maximum atomic E-state index is 14.0. The minimum atomic E-state index is -4.24. The van der Waals surface area contributed by atoms with E-state index in [4.69, 9.17) is 9.47 Å². The van der Waals surface area contributed by atoms with Gasteiger partial charge < -0.3 is 19.7 Å². The molecule has 1 N–H and O–H groups in total. The molecular formula is C30H37N3O6S. The Morgan fingerprint density at radius 2 is 1.55 bits per heavy atom. The van der Waals surface area contributed by atoms with Gasteiger partial charge in [0.15, 0.2) is 11.5 Å². The molecule has 3 rings (SSSR count). The molecule has 1 atom stereocenters. The van der Waals surface area contributed by atoms with E-state index >= 15 is 0 Å². The Kier molecular flexibility index (Phi) is 10.2. The van der Waals surface area contributed by atoms with Crippen molar-refractivity contribution in [3.8, 4) is 11.5 Å². The Morgan fingerprint density at radius 1 is 0.875 bits per heavy atom. The van der Waals surface area contributed by atoms with Crippen LogP contribution in [0, 0.1) is 6.92 Å². The standard InChI is InChI=1S/C30H37N3O6S/c1-21(2)31-30(35)23(4)32(19-24-12-10-11-22(3)17-24)29(34)20-33(25-13-8-7-9-14-25)40(36,37)26-15-16-27(38-5)28(18-26)39-6/h7-18,21,23H,19-20H2,1-6H3,(H,31,35)/t23-/m1/s1. The van der Waals surface area contributed by atoms with Crippen molar-refractivity contribution in [1.82, 2.24) is 10.2 Å². The van der Waals surface area contributed by atoms with Gasteiger partial charge in [0, 0.05) is 18.7 Å². The number of anilines is 1. The largest absolute Gasteiger partial charge is 0.493 e. The van der Waals surface area contributed by atoms with Crippen molar-refractivity contribution in [3.05, 3.63) is 83.9 Å². The van der Waals surface area contributed by atoms with Crippen LogP contribution >= 0.6 is 0 Å². The lowest BCUT2D eigenvalue weighted by Crippen LogP contribution is -2.52. The van der Waals surface area contributed by atoms with Crippen LogP contribution in [-0.2, 0) is 26.2 Å². The predicted octanol–water partition coefficient (Wildman–Crippen LogP) is 4.15. The number of methoxy groups -OCH3 is 2. The number of para-hydroxylation sites is 1. The number of hydrogen-bond donors (Lipinski definition) is 1. The summed E-state index contributed by atoms with van der Waals surface area (Å²) in [6, 6.07) is 19.3. The number of sulfonamides is 1. The molecule has 2 amide bonds. The average Bonchev–Trinajstić information content (AvgIpc) is 2.93. The molecule has 3 aromatic rings. The van der Waals surface area contributed by atoms with Gasteiger partial charge in [-0.05, 0) is 57.5 Å². The Morgan fingerprint density at radius 3 is 2.15 bits per heavy atom. The average molecular weight is 568 g/mol. The molecule has 0 radical (unpaired) electrons. The molecule has 9 nitrogen and oxygen atoms in total. The number of aryl methyl sites for hydroxylation is 1. The van der Waals surface area contributed by atoms with Crippen LogP contribution in [0.1, 0.15) is 31.9 Å². The molecular weight excluding hydrogens is 530 g/mol. The van der Waals surface area contributed by atoms with E-state index in [1.165, 1.54) is 37.3 Å². The summed E-state index contributed by atoms with van der Waals surface area (Å²) in [5.41, 5.74) is 2.14. The third-order valence-corrected chi connectivity index (χ3v) is 8.07. The summed E-state index contributed by atoms with van der Waals surface area (Å²) < 4.78 is 39.6. The van der Waals surface area contributed by atoms with Gasteiger partial charge in [-0.15, -0.1) is 0 Å². The summed E-state index contributed by atoms with van der Waals surface area (Å²) in [5, 5.41) is 2.85. The van der Waals surface area contributed by atoms with Crippen molar-refractivity contribution in [2.24, 2.45) is 0 Å². The van der Waals surface area contributed by atoms with Crippen molar-refractivity contribution in [2.75, 3.05) is 25.1 Å². The molecule has 0 aliphatic carbocycles. The smallest absolute Gasteiger partial charge is 0.264 e. The maximum absolute atomic E-state index is 14.0. The first-order valence-corrected chi connectivity index (χ1v) is 14.4. The third-order valence-electron chi connectivity index (χ3n) is 6.30. The summed E-state index contributed by atoms with van der Waals surface area (Å²) >= 11 is 0. The van der Waals surface area contributed by atoms with Crippen LogP contribution in [0.2, 0.25) is 0 Å². The van der Waals surface area contributed by atoms with Gasteiger partial charge in [0.05, 0.1) is 24.8 Å². The van der Waals surface area contributed by atoms with Gasteiger partial charge in [0.25, 0.3) is 10.0 Å². The minimum absolute atomic E-state index is 0.0716. The number of benzene rings is 3. The number of carbonyl (C=O) groups is 2. The predicted molar refractivity (Wildman–Crippen MR) is 155 cm³/mol. The molecule has 0 aliphatic heterocycles. The van der Waals surface area contributed by atoms with Crippen LogP contribution in [0.25, 0.3) is 0 Å². The molecule has 0 fully saturated rings. The van der Waals surface area contributed by atoms with Gasteiger partial charge in [-0.25, -0.2) is 8.42 Å². The van der Waals surface area contributed by atoms with E-state index in [1.807, 2.05) is 45.0 Å². The molecule has 0 saturated carbocycles. The molecule has 0 heterocycles. The van der Waals surface area contributed by atoms with E-state index in [9.17, 15) is 18.0 Å². The van der Waals surface area contributed by atoms with Crippen LogP contribution in [-0.4, -0.2) is 58.0 Å². The van der Waals surface area contributed by atoms with E-state index in [-0.39, 0.29) is 29.1 Å². The van der Waals surface area contributed by atoms with Crippen LogP contribution in [0.15, 0.2) is 77.7 Å². The fourth-order valence-corrected chi connectivity index (χ4v) is 5.65. The number of amides is 2. The zero-order valence-electron chi connectivity index (χ0n) is 23.7. The van der Waals surface area contributed by atoms with Crippen LogP contribution < -0.4 is 19.1 Å². The zero-order chi connectivity index (χ0) is 29.4. The zero-order valence-corrected chi connectivity index (χ0v) is 24.6. The molecule has 0 unspecified atom stereocenters. The van der Waals surface area contributed by atoms with Crippen LogP contribution in [0.5, 0.6) is 11.5 Å². The topological polar surface area (TPSA) is 105 Å². The Labute approximate surface area is 236 Å². The van der Waals surface area contributed by atoms with Crippen molar-refractivity contribution in [2.45, 2.75) is 51.2 Å². The first kappa shape index (κ1) is 30.5.